The van der Waals surface area contributed by atoms with E-state index in [1.54, 1.807) is 30.5 Å². The van der Waals surface area contributed by atoms with Gasteiger partial charge in [-0.25, -0.2) is 14.5 Å². The predicted molar refractivity (Wildman–Crippen MR) is 115 cm³/mol. The lowest BCUT2D eigenvalue weighted by molar-refractivity contribution is 0.0980. The molecule has 29 heavy (non-hydrogen) atoms. The number of thiazole rings is 1. The Labute approximate surface area is 180 Å². The van der Waals surface area contributed by atoms with E-state index in [2.05, 4.69) is 26.6 Å². The van der Waals surface area contributed by atoms with E-state index in [4.69, 9.17) is 23.2 Å². The van der Waals surface area contributed by atoms with Gasteiger partial charge in [0.2, 0.25) is 5.82 Å². The third-order valence-electron chi connectivity index (χ3n) is 4.12. The first-order valence-electron chi connectivity index (χ1n) is 8.50. The highest BCUT2D eigenvalue weighted by Crippen LogP contribution is 2.32. The summed E-state index contributed by atoms with van der Waals surface area (Å²) in [5.74, 6) is 0.0207. The molecule has 0 N–H and O–H groups in total. The number of anilines is 1. The van der Waals surface area contributed by atoms with E-state index in [1.165, 1.54) is 20.8 Å². The molecule has 0 saturated heterocycles. The highest BCUT2D eigenvalue weighted by Gasteiger charge is 2.24. The number of hydrogen-bond donors (Lipinski definition) is 0. The number of rotatable bonds is 5. The Morgan fingerprint density at radius 1 is 1.28 bits per heavy atom. The molecule has 1 aromatic carbocycles. The molecule has 0 saturated carbocycles. The van der Waals surface area contributed by atoms with Crippen molar-refractivity contribution in [3.63, 3.8) is 0 Å². The Balaban J connectivity index is 1.69. The number of fused-ring (bicyclic) bond motifs is 1. The summed E-state index contributed by atoms with van der Waals surface area (Å²) >= 11 is 13.4. The van der Waals surface area contributed by atoms with Gasteiger partial charge in [-0.3, -0.25) is 9.69 Å². The molecule has 0 spiro atoms. The molecular formula is C19H14Cl2N6OS. The number of aryl methyl sites for hydroxylation is 1. The zero-order valence-corrected chi connectivity index (χ0v) is 17.5. The van der Waals surface area contributed by atoms with E-state index in [0.29, 0.717) is 26.6 Å². The van der Waals surface area contributed by atoms with Gasteiger partial charge >= 0.3 is 0 Å². The average molecular weight is 445 g/mol. The molecule has 0 bridgehead atoms. The number of carbonyl (C=O) groups excluding carboxylic acids is 1. The second-order valence-electron chi connectivity index (χ2n) is 6.08. The number of nitrogens with zero attached hydrogens (tertiary/aromatic N) is 6. The summed E-state index contributed by atoms with van der Waals surface area (Å²) in [5.41, 5.74) is 2.32. The quantitative estimate of drug-likeness (QED) is 0.417. The molecule has 0 radical (unpaired) electrons. The van der Waals surface area contributed by atoms with Crippen LogP contribution in [0.1, 0.15) is 16.3 Å². The van der Waals surface area contributed by atoms with Crippen molar-refractivity contribution >= 4 is 51.4 Å². The molecule has 7 nitrogen and oxygen atoms in total. The smallest absolute Gasteiger partial charge is 0.277 e. The number of halogens is 2. The topological polar surface area (TPSA) is 76.3 Å². The second kappa shape index (κ2) is 7.90. The summed E-state index contributed by atoms with van der Waals surface area (Å²) in [6.07, 6.45) is 3.25. The standard InChI is InChI=1S/C19H14Cl2N6OS/c1-3-8-26(17(28)16-24-18-22-7-6-11(2)27(18)25-16)19-23-15(10-29-19)12-4-5-13(20)14(21)9-12/h3-7,9-10H,1,8H2,2H3. The Bertz CT molecular complexity index is 1230. The number of amides is 1. The SMILES string of the molecule is C=CCN(C(=O)c1nc2nccc(C)n2n1)c1nc(-c2ccc(Cl)c(Cl)c2)cs1. The van der Waals surface area contributed by atoms with Crippen LogP contribution in [-0.4, -0.2) is 37.0 Å². The van der Waals surface area contributed by atoms with Gasteiger partial charge in [0.15, 0.2) is 5.13 Å². The van der Waals surface area contributed by atoms with Crippen LogP contribution >= 0.6 is 34.5 Å². The summed E-state index contributed by atoms with van der Waals surface area (Å²) in [7, 11) is 0. The number of aromatic nitrogens is 5. The largest absolute Gasteiger partial charge is 0.300 e. The summed E-state index contributed by atoms with van der Waals surface area (Å²) in [6, 6.07) is 7.06. The molecule has 4 aromatic rings. The van der Waals surface area contributed by atoms with Crippen LogP contribution < -0.4 is 4.90 Å². The zero-order chi connectivity index (χ0) is 20.5. The van der Waals surface area contributed by atoms with Crippen molar-refractivity contribution in [2.75, 3.05) is 11.4 Å². The van der Waals surface area contributed by atoms with Crippen LogP contribution in [0.2, 0.25) is 10.0 Å². The van der Waals surface area contributed by atoms with E-state index in [0.717, 1.165) is 11.3 Å². The molecule has 0 atom stereocenters. The molecule has 3 heterocycles. The average Bonchev–Trinajstić information content (AvgIpc) is 3.36. The molecule has 0 fully saturated rings. The Hall–Kier alpha value is -2.81. The van der Waals surface area contributed by atoms with Crippen molar-refractivity contribution < 1.29 is 4.79 Å². The minimum atomic E-state index is -0.384. The van der Waals surface area contributed by atoms with E-state index < -0.39 is 0 Å². The van der Waals surface area contributed by atoms with Crippen LogP contribution in [0.4, 0.5) is 5.13 Å². The van der Waals surface area contributed by atoms with Gasteiger partial charge in [-0.15, -0.1) is 23.0 Å². The van der Waals surface area contributed by atoms with Crippen molar-refractivity contribution in [3.8, 4) is 11.3 Å². The van der Waals surface area contributed by atoms with Gasteiger partial charge in [-0.1, -0.05) is 35.3 Å². The van der Waals surface area contributed by atoms with E-state index in [9.17, 15) is 4.79 Å². The minimum Gasteiger partial charge on any atom is -0.277 e. The number of carbonyl (C=O) groups is 1. The van der Waals surface area contributed by atoms with Gasteiger partial charge in [0.05, 0.1) is 15.7 Å². The van der Waals surface area contributed by atoms with Crippen molar-refractivity contribution in [1.29, 1.82) is 0 Å². The highest BCUT2D eigenvalue weighted by atomic mass is 35.5. The first-order chi connectivity index (χ1) is 14.0. The van der Waals surface area contributed by atoms with E-state index in [1.807, 2.05) is 18.4 Å². The summed E-state index contributed by atoms with van der Waals surface area (Å²) in [5, 5.41) is 7.55. The first kappa shape index (κ1) is 19.5. The van der Waals surface area contributed by atoms with Crippen LogP contribution in [0.5, 0.6) is 0 Å². The van der Waals surface area contributed by atoms with Crippen molar-refractivity contribution in [3.05, 3.63) is 70.1 Å². The van der Waals surface area contributed by atoms with Crippen molar-refractivity contribution in [2.24, 2.45) is 0 Å². The summed E-state index contributed by atoms with van der Waals surface area (Å²) < 4.78 is 1.53. The molecule has 0 aliphatic heterocycles. The molecular weight excluding hydrogens is 431 g/mol. The lowest BCUT2D eigenvalue weighted by Crippen LogP contribution is -2.32. The second-order valence-corrected chi connectivity index (χ2v) is 7.73. The molecule has 0 unspecified atom stereocenters. The van der Waals surface area contributed by atoms with E-state index >= 15 is 0 Å². The van der Waals surface area contributed by atoms with Gasteiger partial charge in [0.1, 0.15) is 0 Å². The van der Waals surface area contributed by atoms with Gasteiger partial charge in [0.25, 0.3) is 11.7 Å². The van der Waals surface area contributed by atoms with E-state index in [-0.39, 0.29) is 18.3 Å². The molecule has 1 amide bonds. The fraction of sp³-hybridized carbons (Fsp3) is 0.105. The number of hydrogen-bond acceptors (Lipinski definition) is 6. The monoisotopic (exact) mass is 444 g/mol. The fourth-order valence-electron chi connectivity index (χ4n) is 2.67. The Morgan fingerprint density at radius 3 is 2.83 bits per heavy atom. The molecule has 146 valence electrons. The lowest BCUT2D eigenvalue weighted by atomic mass is 10.2. The maximum atomic E-state index is 13.1. The predicted octanol–water partition coefficient (Wildman–Crippen LogP) is 4.70. The van der Waals surface area contributed by atoms with Gasteiger partial charge in [0, 0.05) is 29.4 Å². The molecule has 4 rings (SSSR count). The fourth-order valence-corrected chi connectivity index (χ4v) is 3.81. The molecule has 3 aromatic heterocycles. The van der Waals surface area contributed by atoms with Gasteiger partial charge in [-0.05, 0) is 25.1 Å². The van der Waals surface area contributed by atoms with Crippen LogP contribution in [0.15, 0.2) is 48.5 Å². The van der Waals surface area contributed by atoms with Gasteiger partial charge in [-0.2, -0.15) is 4.98 Å². The first-order valence-corrected chi connectivity index (χ1v) is 10.1. The summed E-state index contributed by atoms with van der Waals surface area (Å²) in [6.45, 7) is 5.86. The zero-order valence-electron chi connectivity index (χ0n) is 15.2. The van der Waals surface area contributed by atoms with Crippen LogP contribution in [-0.2, 0) is 0 Å². The van der Waals surface area contributed by atoms with Crippen molar-refractivity contribution in [2.45, 2.75) is 6.92 Å². The number of benzene rings is 1. The maximum Gasteiger partial charge on any atom is 0.300 e. The van der Waals surface area contributed by atoms with Crippen LogP contribution in [0, 0.1) is 6.92 Å². The normalized spacial score (nSPS) is 11.0. The molecule has 10 heteroatoms. The third-order valence-corrected chi connectivity index (χ3v) is 5.72. The third kappa shape index (κ3) is 3.74. The van der Waals surface area contributed by atoms with Crippen LogP contribution in [0.25, 0.3) is 17.0 Å². The minimum absolute atomic E-state index is 0.0416. The maximum absolute atomic E-state index is 13.1. The Morgan fingerprint density at radius 2 is 2.10 bits per heavy atom. The summed E-state index contributed by atoms with van der Waals surface area (Å²) in [4.78, 5) is 27.6. The molecule has 0 aliphatic carbocycles. The highest BCUT2D eigenvalue weighted by molar-refractivity contribution is 7.14. The van der Waals surface area contributed by atoms with Crippen molar-refractivity contribution in [1.82, 2.24) is 24.6 Å². The van der Waals surface area contributed by atoms with Gasteiger partial charge < -0.3 is 0 Å². The lowest BCUT2D eigenvalue weighted by Gasteiger charge is -2.15. The molecule has 0 aliphatic rings. The van der Waals surface area contributed by atoms with Crippen LogP contribution in [0.3, 0.4) is 0 Å². The Kier molecular flexibility index (Phi) is 5.31.